The van der Waals surface area contributed by atoms with Gasteiger partial charge < -0.3 is 15.5 Å². The van der Waals surface area contributed by atoms with Gasteiger partial charge in [0.15, 0.2) is 0 Å². The summed E-state index contributed by atoms with van der Waals surface area (Å²) in [5.41, 5.74) is 2.60. The Morgan fingerprint density at radius 2 is 2.04 bits per heavy atom. The number of aryl methyl sites for hydroxylation is 1. The highest BCUT2D eigenvalue weighted by atomic mass is 16.2. The molecule has 0 radical (unpaired) electrons. The van der Waals surface area contributed by atoms with E-state index in [1.165, 1.54) is 17.5 Å². The maximum atomic E-state index is 12.3. The van der Waals surface area contributed by atoms with Crippen molar-refractivity contribution < 1.29 is 4.79 Å². The van der Waals surface area contributed by atoms with Crippen molar-refractivity contribution >= 4 is 6.03 Å². The Morgan fingerprint density at radius 1 is 1.26 bits per heavy atom. The lowest BCUT2D eigenvalue weighted by molar-refractivity contribution is 0.114. The molecule has 0 saturated carbocycles. The number of piperazine rings is 1. The first-order chi connectivity index (χ1) is 11.2. The van der Waals surface area contributed by atoms with Crippen molar-refractivity contribution in [2.24, 2.45) is 0 Å². The van der Waals surface area contributed by atoms with Crippen molar-refractivity contribution in [1.29, 1.82) is 0 Å². The van der Waals surface area contributed by atoms with Gasteiger partial charge in [-0.3, -0.25) is 4.90 Å². The lowest BCUT2D eigenvalue weighted by atomic mass is 10.1. The minimum atomic E-state index is 0.0859. The van der Waals surface area contributed by atoms with E-state index in [0.717, 1.165) is 45.7 Å². The first-order valence-corrected chi connectivity index (χ1v) is 8.76. The third-order valence-corrected chi connectivity index (χ3v) is 5.08. The van der Waals surface area contributed by atoms with Gasteiger partial charge >= 0.3 is 6.03 Å². The second kappa shape index (κ2) is 7.79. The van der Waals surface area contributed by atoms with E-state index >= 15 is 0 Å². The first-order valence-electron chi connectivity index (χ1n) is 8.76. The molecule has 2 heterocycles. The van der Waals surface area contributed by atoms with Gasteiger partial charge in [0, 0.05) is 45.3 Å². The number of amides is 2. The zero-order chi connectivity index (χ0) is 16.1. The van der Waals surface area contributed by atoms with Crippen LogP contribution in [0.25, 0.3) is 0 Å². The number of benzene rings is 1. The molecule has 2 aliphatic rings. The van der Waals surface area contributed by atoms with Crippen LogP contribution in [0.2, 0.25) is 0 Å². The molecule has 0 bridgehead atoms. The standard InChI is InChI=1S/C18H28N4O/c1-15-4-2-3-5-16(15)6-9-20-18(23)22-12-10-21(11-13-22)17-7-8-19-14-17/h2-5,17,19H,6-14H2,1H3,(H,20,23)/t17-/m1/s1. The summed E-state index contributed by atoms with van der Waals surface area (Å²) in [6.45, 7) is 8.73. The Labute approximate surface area is 139 Å². The molecule has 23 heavy (non-hydrogen) atoms. The molecular weight excluding hydrogens is 288 g/mol. The van der Waals surface area contributed by atoms with Gasteiger partial charge in [0.2, 0.25) is 0 Å². The van der Waals surface area contributed by atoms with Crippen molar-refractivity contribution in [3.05, 3.63) is 35.4 Å². The number of nitrogens with one attached hydrogen (secondary N) is 2. The molecule has 0 unspecified atom stereocenters. The van der Waals surface area contributed by atoms with E-state index in [1.54, 1.807) is 0 Å². The molecule has 5 heteroatoms. The molecule has 2 N–H and O–H groups in total. The molecule has 0 spiro atoms. The Kier molecular flexibility index (Phi) is 5.51. The molecule has 5 nitrogen and oxygen atoms in total. The lowest BCUT2D eigenvalue weighted by Gasteiger charge is -2.37. The summed E-state index contributed by atoms with van der Waals surface area (Å²) in [6, 6.07) is 9.12. The maximum Gasteiger partial charge on any atom is 0.317 e. The molecule has 1 atom stereocenters. The quantitative estimate of drug-likeness (QED) is 0.878. The van der Waals surface area contributed by atoms with Gasteiger partial charge in [0.25, 0.3) is 0 Å². The number of carbonyl (C=O) groups excluding carboxylic acids is 1. The molecule has 2 fully saturated rings. The van der Waals surface area contributed by atoms with Gasteiger partial charge in [0.05, 0.1) is 0 Å². The van der Waals surface area contributed by atoms with Crippen LogP contribution in [0.5, 0.6) is 0 Å². The van der Waals surface area contributed by atoms with Crippen molar-refractivity contribution in [2.45, 2.75) is 25.8 Å². The van der Waals surface area contributed by atoms with Crippen LogP contribution in [0.3, 0.4) is 0 Å². The number of carbonyl (C=O) groups is 1. The number of rotatable bonds is 4. The Morgan fingerprint density at radius 3 is 2.74 bits per heavy atom. The minimum absolute atomic E-state index is 0.0859. The highest BCUT2D eigenvalue weighted by Gasteiger charge is 2.27. The van der Waals surface area contributed by atoms with E-state index in [4.69, 9.17) is 0 Å². The highest BCUT2D eigenvalue weighted by Crippen LogP contribution is 2.12. The number of hydrogen-bond acceptors (Lipinski definition) is 3. The minimum Gasteiger partial charge on any atom is -0.338 e. The zero-order valence-electron chi connectivity index (χ0n) is 14.1. The SMILES string of the molecule is Cc1ccccc1CCNC(=O)N1CCN([C@@H]2CCNC2)CC1. The van der Waals surface area contributed by atoms with Crippen molar-refractivity contribution in [1.82, 2.24) is 20.4 Å². The molecule has 2 aliphatic heterocycles. The summed E-state index contributed by atoms with van der Waals surface area (Å²) in [5.74, 6) is 0. The molecule has 1 aromatic carbocycles. The van der Waals surface area contributed by atoms with Gasteiger partial charge in [-0.15, -0.1) is 0 Å². The Balaban J connectivity index is 1.38. The highest BCUT2D eigenvalue weighted by molar-refractivity contribution is 5.74. The van der Waals surface area contributed by atoms with E-state index < -0.39 is 0 Å². The monoisotopic (exact) mass is 316 g/mol. The van der Waals surface area contributed by atoms with Gasteiger partial charge in [-0.1, -0.05) is 24.3 Å². The predicted molar refractivity (Wildman–Crippen MR) is 92.7 cm³/mol. The number of hydrogen-bond donors (Lipinski definition) is 2. The smallest absolute Gasteiger partial charge is 0.317 e. The maximum absolute atomic E-state index is 12.3. The van der Waals surface area contributed by atoms with Crippen LogP contribution >= 0.6 is 0 Å². The summed E-state index contributed by atoms with van der Waals surface area (Å²) in [6.07, 6.45) is 2.13. The summed E-state index contributed by atoms with van der Waals surface area (Å²) in [4.78, 5) is 16.8. The van der Waals surface area contributed by atoms with Crippen LogP contribution in [-0.2, 0) is 6.42 Å². The van der Waals surface area contributed by atoms with E-state index in [2.05, 4.69) is 46.7 Å². The third-order valence-electron chi connectivity index (χ3n) is 5.08. The lowest BCUT2D eigenvalue weighted by Crippen LogP contribution is -2.54. The summed E-state index contributed by atoms with van der Waals surface area (Å²) in [7, 11) is 0. The fraction of sp³-hybridized carbons (Fsp3) is 0.611. The Hall–Kier alpha value is -1.59. The normalized spacial score (nSPS) is 22.3. The fourth-order valence-corrected chi connectivity index (χ4v) is 3.55. The average Bonchev–Trinajstić information content (AvgIpc) is 3.11. The number of urea groups is 1. The topological polar surface area (TPSA) is 47.6 Å². The Bertz CT molecular complexity index is 520. The van der Waals surface area contributed by atoms with Crippen LogP contribution < -0.4 is 10.6 Å². The van der Waals surface area contributed by atoms with E-state index in [0.29, 0.717) is 12.6 Å². The van der Waals surface area contributed by atoms with Gasteiger partial charge in [-0.2, -0.15) is 0 Å². The van der Waals surface area contributed by atoms with Crippen LogP contribution in [0.15, 0.2) is 24.3 Å². The molecule has 0 aromatic heterocycles. The summed E-state index contributed by atoms with van der Waals surface area (Å²) >= 11 is 0. The molecule has 0 aliphatic carbocycles. The molecule has 126 valence electrons. The number of nitrogens with zero attached hydrogens (tertiary/aromatic N) is 2. The predicted octanol–water partition coefficient (Wildman–Crippen LogP) is 1.23. The molecule has 2 amide bonds. The molecular formula is C18H28N4O. The third kappa shape index (κ3) is 4.24. The first kappa shape index (κ1) is 16.3. The molecule has 2 saturated heterocycles. The zero-order valence-corrected chi connectivity index (χ0v) is 14.1. The largest absolute Gasteiger partial charge is 0.338 e. The van der Waals surface area contributed by atoms with Gasteiger partial charge in [0.1, 0.15) is 0 Å². The van der Waals surface area contributed by atoms with E-state index in [9.17, 15) is 4.79 Å². The average molecular weight is 316 g/mol. The van der Waals surface area contributed by atoms with Crippen molar-refractivity contribution in [2.75, 3.05) is 45.8 Å². The molecule has 3 rings (SSSR count). The van der Waals surface area contributed by atoms with Crippen LogP contribution in [0, 0.1) is 6.92 Å². The fourth-order valence-electron chi connectivity index (χ4n) is 3.55. The van der Waals surface area contributed by atoms with Gasteiger partial charge in [-0.05, 0) is 37.4 Å². The van der Waals surface area contributed by atoms with E-state index in [-0.39, 0.29) is 6.03 Å². The second-order valence-corrected chi connectivity index (χ2v) is 6.58. The van der Waals surface area contributed by atoms with Gasteiger partial charge in [-0.25, -0.2) is 4.79 Å². The second-order valence-electron chi connectivity index (χ2n) is 6.58. The summed E-state index contributed by atoms with van der Waals surface area (Å²) in [5, 5.41) is 6.49. The van der Waals surface area contributed by atoms with Crippen LogP contribution in [0.1, 0.15) is 17.5 Å². The van der Waals surface area contributed by atoms with Crippen LogP contribution in [0.4, 0.5) is 4.79 Å². The van der Waals surface area contributed by atoms with Crippen LogP contribution in [-0.4, -0.2) is 67.7 Å². The van der Waals surface area contributed by atoms with Crippen molar-refractivity contribution in [3.63, 3.8) is 0 Å². The van der Waals surface area contributed by atoms with E-state index in [1.807, 2.05) is 4.90 Å². The van der Waals surface area contributed by atoms with Crippen molar-refractivity contribution in [3.8, 4) is 0 Å². The molecule has 1 aromatic rings. The summed E-state index contributed by atoms with van der Waals surface area (Å²) < 4.78 is 0.